The van der Waals surface area contributed by atoms with Crippen molar-refractivity contribution in [2.75, 3.05) is 13.1 Å². The standard InChI is InChI=1S/C19H36N2/c1-2-6-16-10-12-19(15-20,13-11-16)21-14-5-9-18(21)17-7-3-4-8-17/h16-18H,2-15,20H2,1H3. The Kier molecular flexibility index (Phi) is 5.27. The second-order valence-corrected chi connectivity index (χ2v) is 8.11. The second-order valence-electron chi connectivity index (χ2n) is 8.11. The lowest BCUT2D eigenvalue weighted by Crippen LogP contribution is -2.58. The van der Waals surface area contributed by atoms with Crippen molar-refractivity contribution in [1.82, 2.24) is 4.90 Å². The molecule has 0 radical (unpaired) electrons. The van der Waals surface area contributed by atoms with Crippen molar-refractivity contribution in [3.8, 4) is 0 Å². The number of hydrogen-bond donors (Lipinski definition) is 1. The summed E-state index contributed by atoms with van der Waals surface area (Å²) in [5, 5.41) is 0. The minimum atomic E-state index is 0.369. The zero-order chi connectivity index (χ0) is 14.7. The molecule has 1 saturated heterocycles. The smallest absolute Gasteiger partial charge is 0.0335 e. The fraction of sp³-hybridized carbons (Fsp3) is 1.00. The highest BCUT2D eigenvalue weighted by Gasteiger charge is 2.46. The molecule has 3 rings (SSSR count). The summed E-state index contributed by atoms with van der Waals surface area (Å²) in [4.78, 5) is 2.92. The molecule has 0 spiro atoms. The van der Waals surface area contributed by atoms with Crippen LogP contribution in [0.2, 0.25) is 0 Å². The predicted molar refractivity (Wildman–Crippen MR) is 90.3 cm³/mol. The molecule has 0 aromatic rings. The normalized spacial score (nSPS) is 39.1. The lowest BCUT2D eigenvalue weighted by Gasteiger charge is -2.50. The van der Waals surface area contributed by atoms with Crippen molar-refractivity contribution in [3.63, 3.8) is 0 Å². The summed E-state index contributed by atoms with van der Waals surface area (Å²) in [5.74, 6) is 1.98. The van der Waals surface area contributed by atoms with E-state index >= 15 is 0 Å². The van der Waals surface area contributed by atoms with Gasteiger partial charge in [0.15, 0.2) is 0 Å². The first kappa shape index (κ1) is 15.8. The van der Waals surface area contributed by atoms with Crippen LogP contribution in [0.25, 0.3) is 0 Å². The quantitative estimate of drug-likeness (QED) is 0.817. The second kappa shape index (κ2) is 7.00. The number of likely N-dealkylation sites (tertiary alicyclic amines) is 1. The van der Waals surface area contributed by atoms with Gasteiger partial charge in [-0.25, -0.2) is 0 Å². The highest BCUT2D eigenvalue weighted by atomic mass is 15.3. The topological polar surface area (TPSA) is 29.3 Å². The maximum Gasteiger partial charge on any atom is 0.0335 e. The van der Waals surface area contributed by atoms with Crippen LogP contribution in [0.5, 0.6) is 0 Å². The SMILES string of the molecule is CCCC1CCC(CN)(N2CCCC2C2CCCC2)CC1. The average Bonchev–Trinajstić information content (AvgIpc) is 3.19. The summed E-state index contributed by atoms with van der Waals surface area (Å²) >= 11 is 0. The minimum Gasteiger partial charge on any atom is -0.329 e. The van der Waals surface area contributed by atoms with E-state index in [-0.39, 0.29) is 0 Å². The predicted octanol–water partition coefficient (Wildman–Crippen LogP) is 4.33. The molecule has 0 bridgehead atoms. The first-order chi connectivity index (χ1) is 10.3. The molecular formula is C19H36N2. The van der Waals surface area contributed by atoms with Gasteiger partial charge in [-0.3, -0.25) is 4.90 Å². The molecule has 2 saturated carbocycles. The number of hydrogen-bond acceptors (Lipinski definition) is 2. The van der Waals surface area contributed by atoms with E-state index in [1.54, 1.807) is 0 Å². The monoisotopic (exact) mass is 292 g/mol. The fourth-order valence-electron chi connectivity index (χ4n) is 5.73. The molecule has 2 aliphatic carbocycles. The summed E-state index contributed by atoms with van der Waals surface area (Å²) in [7, 11) is 0. The molecule has 1 unspecified atom stereocenters. The number of nitrogens with two attached hydrogens (primary N) is 1. The van der Waals surface area contributed by atoms with E-state index in [4.69, 9.17) is 5.73 Å². The fourth-order valence-corrected chi connectivity index (χ4v) is 5.73. The molecule has 21 heavy (non-hydrogen) atoms. The Morgan fingerprint density at radius 3 is 2.33 bits per heavy atom. The average molecular weight is 293 g/mol. The molecule has 1 atom stereocenters. The van der Waals surface area contributed by atoms with Gasteiger partial charge in [0, 0.05) is 18.1 Å². The van der Waals surface area contributed by atoms with Gasteiger partial charge in [0.1, 0.15) is 0 Å². The van der Waals surface area contributed by atoms with E-state index in [0.29, 0.717) is 5.54 Å². The molecule has 1 heterocycles. The maximum atomic E-state index is 6.36. The van der Waals surface area contributed by atoms with E-state index in [9.17, 15) is 0 Å². The third-order valence-electron chi connectivity index (χ3n) is 6.97. The summed E-state index contributed by atoms with van der Waals surface area (Å²) in [6, 6.07) is 0.874. The van der Waals surface area contributed by atoms with Crippen molar-refractivity contribution in [1.29, 1.82) is 0 Å². The van der Waals surface area contributed by atoms with Gasteiger partial charge in [0.25, 0.3) is 0 Å². The van der Waals surface area contributed by atoms with Gasteiger partial charge in [0.05, 0.1) is 0 Å². The van der Waals surface area contributed by atoms with E-state index in [1.165, 1.54) is 83.6 Å². The zero-order valence-electron chi connectivity index (χ0n) is 14.2. The largest absolute Gasteiger partial charge is 0.329 e. The Morgan fingerprint density at radius 2 is 1.71 bits per heavy atom. The summed E-state index contributed by atoms with van der Waals surface area (Å²) in [5.41, 5.74) is 6.73. The van der Waals surface area contributed by atoms with Gasteiger partial charge in [-0.2, -0.15) is 0 Å². The third kappa shape index (κ3) is 3.17. The highest BCUT2D eigenvalue weighted by molar-refractivity contribution is 5.02. The van der Waals surface area contributed by atoms with Crippen LogP contribution in [0.3, 0.4) is 0 Å². The van der Waals surface area contributed by atoms with Crippen molar-refractivity contribution in [2.24, 2.45) is 17.6 Å². The van der Waals surface area contributed by atoms with Crippen LogP contribution < -0.4 is 5.73 Å². The molecule has 2 heteroatoms. The molecule has 0 aromatic heterocycles. The summed E-state index contributed by atoms with van der Waals surface area (Å²) in [6.07, 6.45) is 17.2. The zero-order valence-corrected chi connectivity index (χ0v) is 14.2. The highest BCUT2D eigenvalue weighted by Crippen LogP contribution is 2.44. The number of nitrogens with zero attached hydrogens (tertiary/aromatic N) is 1. The molecule has 3 aliphatic rings. The molecule has 0 aromatic carbocycles. The van der Waals surface area contributed by atoms with E-state index in [1.807, 2.05) is 0 Å². The number of rotatable bonds is 5. The van der Waals surface area contributed by atoms with Crippen LogP contribution >= 0.6 is 0 Å². The van der Waals surface area contributed by atoms with Gasteiger partial charge in [-0.15, -0.1) is 0 Å². The van der Waals surface area contributed by atoms with Crippen LogP contribution in [0.1, 0.15) is 84.0 Å². The van der Waals surface area contributed by atoms with Crippen LogP contribution in [0.4, 0.5) is 0 Å². The summed E-state index contributed by atoms with van der Waals surface area (Å²) < 4.78 is 0. The first-order valence-electron chi connectivity index (χ1n) is 9.76. The van der Waals surface area contributed by atoms with E-state index in [2.05, 4.69) is 11.8 Å². The Labute approximate surface area is 131 Å². The summed E-state index contributed by atoms with van der Waals surface area (Å²) in [6.45, 7) is 4.56. The van der Waals surface area contributed by atoms with Crippen LogP contribution in [-0.2, 0) is 0 Å². The van der Waals surface area contributed by atoms with E-state index < -0.39 is 0 Å². The molecule has 0 amide bonds. The van der Waals surface area contributed by atoms with Crippen molar-refractivity contribution >= 4 is 0 Å². The third-order valence-corrected chi connectivity index (χ3v) is 6.97. The Balaban J connectivity index is 1.67. The molecule has 1 aliphatic heterocycles. The van der Waals surface area contributed by atoms with E-state index in [0.717, 1.165) is 24.4 Å². The first-order valence-corrected chi connectivity index (χ1v) is 9.76. The van der Waals surface area contributed by atoms with Crippen molar-refractivity contribution in [3.05, 3.63) is 0 Å². The van der Waals surface area contributed by atoms with Crippen molar-refractivity contribution < 1.29 is 0 Å². The maximum absolute atomic E-state index is 6.36. The van der Waals surface area contributed by atoms with Crippen molar-refractivity contribution in [2.45, 2.75) is 95.6 Å². The van der Waals surface area contributed by atoms with Gasteiger partial charge in [-0.05, 0) is 69.7 Å². The van der Waals surface area contributed by atoms with Gasteiger partial charge in [-0.1, -0.05) is 32.6 Å². The van der Waals surface area contributed by atoms with Crippen LogP contribution in [0.15, 0.2) is 0 Å². The Hall–Kier alpha value is -0.0800. The van der Waals surface area contributed by atoms with Gasteiger partial charge < -0.3 is 5.73 Å². The molecular weight excluding hydrogens is 256 g/mol. The Morgan fingerprint density at radius 1 is 1.00 bits per heavy atom. The van der Waals surface area contributed by atoms with Crippen LogP contribution in [-0.4, -0.2) is 29.6 Å². The molecule has 3 fully saturated rings. The molecule has 122 valence electrons. The molecule has 2 N–H and O–H groups in total. The van der Waals surface area contributed by atoms with Gasteiger partial charge >= 0.3 is 0 Å². The van der Waals surface area contributed by atoms with Crippen LogP contribution in [0, 0.1) is 11.8 Å². The minimum absolute atomic E-state index is 0.369. The lowest BCUT2D eigenvalue weighted by atomic mass is 9.73. The lowest BCUT2D eigenvalue weighted by molar-refractivity contribution is 0.0127. The molecule has 2 nitrogen and oxygen atoms in total. The van der Waals surface area contributed by atoms with Gasteiger partial charge in [0.2, 0.25) is 0 Å². The Bertz CT molecular complexity index is 314.